The van der Waals surface area contributed by atoms with Crippen LogP contribution in [0.15, 0.2) is 0 Å². The molecule has 0 saturated carbocycles. The van der Waals surface area contributed by atoms with Crippen LogP contribution in [0.5, 0.6) is 0 Å². The van der Waals surface area contributed by atoms with Gasteiger partial charge in [-0.2, -0.15) is 17.4 Å². The van der Waals surface area contributed by atoms with E-state index in [1.165, 1.54) is 4.31 Å². The Hall–Kier alpha value is -0.170. The van der Waals surface area contributed by atoms with E-state index in [0.29, 0.717) is 19.6 Å². The van der Waals surface area contributed by atoms with Gasteiger partial charge in [0.05, 0.1) is 6.10 Å². The van der Waals surface area contributed by atoms with Crippen LogP contribution in [0.3, 0.4) is 0 Å². The van der Waals surface area contributed by atoms with E-state index in [-0.39, 0.29) is 6.10 Å². The third-order valence-corrected chi connectivity index (χ3v) is 3.84. The Bertz CT molecular complexity index is 267. The molecule has 2 heterocycles. The molecule has 0 aliphatic carbocycles. The van der Waals surface area contributed by atoms with Crippen LogP contribution in [-0.2, 0) is 14.9 Å². The molecule has 6 heteroatoms. The summed E-state index contributed by atoms with van der Waals surface area (Å²) in [5.41, 5.74) is 0. The molecule has 0 aromatic carbocycles. The van der Waals surface area contributed by atoms with Crippen LogP contribution in [-0.4, -0.2) is 45.1 Å². The summed E-state index contributed by atoms with van der Waals surface area (Å²) in [6.07, 6.45) is 2.08. The zero-order chi connectivity index (χ0) is 9.31. The third-order valence-electron chi connectivity index (χ3n) is 2.26. The Morgan fingerprint density at radius 3 is 2.77 bits per heavy atom. The Morgan fingerprint density at radius 2 is 2.23 bits per heavy atom. The Morgan fingerprint density at radius 1 is 1.46 bits per heavy atom. The number of nitrogens with one attached hydrogen (secondary N) is 1. The van der Waals surface area contributed by atoms with Crippen molar-refractivity contribution < 1.29 is 13.2 Å². The summed E-state index contributed by atoms with van der Waals surface area (Å²) in [5, 5.41) is 0. The largest absolute Gasteiger partial charge is 0.377 e. The normalized spacial score (nSPS) is 29.4. The molecule has 2 aliphatic heterocycles. The minimum Gasteiger partial charge on any atom is -0.377 e. The van der Waals surface area contributed by atoms with Gasteiger partial charge in [0.2, 0.25) is 0 Å². The van der Waals surface area contributed by atoms with Crippen molar-refractivity contribution in [3.8, 4) is 0 Å². The topological polar surface area (TPSA) is 58.4 Å². The second kappa shape index (κ2) is 3.53. The van der Waals surface area contributed by atoms with Gasteiger partial charge in [0.25, 0.3) is 10.2 Å². The maximum atomic E-state index is 11.3. The zero-order valence-corrected chi connectivity index (χ0v) is 8.22. The van der Waals surface area contributed by atoms with Crippen molar-refractivity contribution in [1.29, 1.82) is 0 Å². The van der Waals surface area contributed by atoms with Crippen molar-refractivity contribution in [3.05, 3.63) is 0 Å². The van der Waals surface area contributed by atoms with Gasteiger partial charge in [0.15, 0.2) is 0 Å². The fraction of sp³-hybridized carbons (Fsp3) is 1.00. The van der Waals surface area contributed by atoms with Crippen LogP contribution in [0.2, 0.25) is 0 Å². The minimum absolute atomic E-state index is 0.0784. The van der Waals surface area contributed by atoms with Crippen LogP contribution in [0, 0.1) is 0 Å². The molecule has 76 valence electrons. The number of hydrogen-bond donors (Lipinski definition) is 1. The Balaban J connectivity index is 1.77. The SMILES string of the molecule is O=S(=O)(NCC1CCCO1)N1CC1. The van der Waals surface area contributed by atoms with Crippen LogP contribution in [0.1, 0.15) is 12.8 Å². The molecule has 2 rings (SSSR count). The van der Waals surface area contributed by atoms with Gasteiger partial charge in [-0.15, -0.1) is 0 Å². The van der Waals surface area contributed by atoms with Crippen molar-refractivity contribution >= 4 is 10.2 Å². The summed E-state index contributed by atoms with van der Waals surface area (Å²) in [4.78, 5) is 0. The molecule has 0 aromatic rings. The summed E-state index contributed by atoms with van der Waals surface area (Å²) in [6, 6.07) is 0. The molecule has 0 bridgehead atoms. The van der Waals surface area contributed by atoms with Gasteiger partial charge in [-0.1, -0.05) is 0 Å². The number of hydrogen-bond acceptors (Lipinski definition) is 3. The molecule has 0 amide bonds. The summed E-state index contributed by atoms with van der Waals surface area (Å²) < 4.78 is 31.9. The lowest BCUT2D eigenvalue weighted by molar-refractivity contribution is 0.114. The van der Waals surface area contributed by atoms with Gasteiger partial charge in [0, 0.05) is 26.2 Å². The van der Waals surface area contributed by atoms with Crippen molar-refractivity contribution in [2.75, 3.05) is 26.2 Å². The van der Waals surface area contributed by atoms with E-state index in [4.69, 9.17) is 4.74 Å². The highest BCUT2D eigenvalue weighted by Gasteiger charge is 2.32. The van der Waals surface area contributed by atoms with Crippen molar-refractivity contribution in [2.45, 2.75) is 18.9 Å². The first-order valence-corrected chi connectivity index (χ1v) is 5.99. The van der Waals surface area contributed by atoms with Gasteiger partial charge in [-0.3, -0.25) is 0 Å². The third kappa shape index (κ3) is 2.40. The van der Waals surface area contributed by atoms with Crippen molar-refractivity contribution in [2.24, 2.45) is 0 Å². The zero-order valence-electron chi connectivity index (χ0n) is 7.40. The van der Waals surface area contributed by atoms with Crippen LogP contribution >= 0.6 is 0 Å². The highest BCUT2D eigenvalue weighted by atomic mass is 32.2. The highest BCUT2D eigenvalue weighted by Crippen LogP contribution is 2.13. The van der Waals surface area contributed by atoms with E-state index in [9.17, 15) is 8.42 Å². The molecule has 1 atom stereocenters. The standard InChI is InChI=1S/C7H14N2O3S/c10-13(11,9-3-4-9)8-6-7-2-1-5-12-7/h7-8H,1-6H2. The van der Waals surface area contributed by atoms with Crippen LogP contribution in [0.4, 0.5) is 0 Å². The van der Waals surface area contributed by atoms with E-state index >= 15 is 0 Å². The maximum Gasteiger partial charge on any atom is 0.279 e. The van der Waals surface area contributed by atoms with Gasteiger partial charge in [0.1, 0.15) is 0 Å². The predicted octanol–water partition coefficient (Wildman–Crippen LogP) is -0.685. The summed E-state index contributed by atoms with van der Waals surface area (Å²) >= 11 is 0. The van der Waals surface area contributed by atoms with E-state index in [1.807, 2.05) is 0 Å². The van der Waals surface area contributed by atoms with Gasteiger partial charge in [-0.05, 0) is 12.8 Å². The molecule has 0 radical (unpaired) electrons. The quantitative estimate of drug-likeness (QED) is 0.620. The smallest absolute Gasteiger partial charge is 0.279 e. The summed E-state index contributed by atoms with van der Waals surface area (Å²) in [7, 11) is -3.17. The van der Waals surface area contributed by atoms with Gasteiger partial charge in [-0.25, -0.2) is 0 Å². The Labute approximate surface area is 78.2 Å². The average Bonchev–Trinajstić information content (AvgIpc) is 2.82. The van der Waals surface area contributed by atoms with Gasteiger partial charge < -0.3 is 4.74 Å². The first kappa shape index (κ1) is 9.39. The first-order chi connectivity index (χ1) is 6.18. The fourth-order valence-electron chi connectivity index (χ4n) is 1.38. The molecular formula is C7H14N2O3S. The first-order valence-electron chi connectivity index (χ1n) is 4.55. The van der Waals surface area contributed by atoms with Crippen molar-refractivity contribution in [3.63, 3.8) is 0 Å². The average molecular weight is 206 g/mol. The molecule has 2 fully saturated rings. The van der Waals surface area contributed by atoms with E-state index in [0.717, 1.165) is 19.4 Å². The number of ether oxygens (including phenoxy) is 1. The van der Waals surface area contributed by atoms with Crippen LogP contribution < -0.4 is 4.72 Å². The van der Waals surface area contributed by atoms with E-state index < -0.39 is 10.2 Å². The monoisotopic (exact) mass is 206 g/mol. The summed E-state index contributed by atoms with van der Waals surface area (Å²) in [6.45, 7) is 2.48. The lowest BCUT2D eigenvalue weighted by Crippen LogP contribution is -2.35. The van der Waals surface area contributed by atoms with Crippen molar-refractivity contribution in [1.82, 2.24) is 9.03 Å². The molecule has 13 heavy (non-hydrogen) atoms. The number of rotatable bonds is 4. The molecular weight excluding hydrogens is 192 g/mol. The molecule has 1 N–H and O–H groups in total. The molecule has 0 aromatic heterocycles. The highest BCUT2D eigenvalue weighted by molar-refractivity contribution is 7.87. The van der Waals surface area contributed by atoms with Gasteiger partial charge >= 0.3 is 0 Å². The van der Waals surface area contributed by atoms with E-state index in [1.54, 1.807) is 0 Å². The van der Waals surface area contributed by atoms with E-state index in [2.05, 4.69) is 4.72 Å². The summed E-state index contributed by atoms with van der Waals surface area (Å²) in [5.74, 6) is 0. The molecule has 2 aliphatic rings. The van der Waals surface area contributed by atoms with Crippen LogP contribution in [0.25, 0.3) is 0 Å². The Kier molecular flexibility index (Phi) is 2.55. The molecule has 1 unspecified atom stereocenters. The second-order valence-corrected chi connectivity index (χ2v) is 5.14. The lowest BCUT2D eigenvalue weighted by Gasteiger charge is -2.10. The lowest BCUT2D eigenvalue weighted by atomic mass is 10.2. The predicted molar refractivity (Wildman–Crippen MR) is 47.5 cm³/mol. The molecule has 5 nitrogen and oxygen atoms in total. The second-order valence-electron chi connectivity index (χ2n) is 3.39. The fourth-order valence-corrected chi connectivity index (χ4v) is 2.52. The molecule has 0 spiro atoms. The molecule has 2 saturated heterocycles. The number of nitrogens with zero attached hydrogens (tertiary/aromatic N) is 1. The minimum atomic E-state index is -3.17. The maximum absolute atomic E-state index is 11.3.